The van der Waals surface area contributed by atoms with Gasteiger partial charge in [-0.1, -0.05) is 12.1 Å². The van der Waals surface area contributed by atoms with Crippen molar-refractivity contribution in [2.24, 2.45) is 5.73 Å². The molecule has 0 saturated carbocycles. The maximum absolute atomic E-state index is 11.7. The lowest BCUT2D eigenvalue weighted by atomic mass is 10.0. The van der Waals surface area contributed by atoms with Gasteiger partial charge in [-0.25, -0.2) is 0 Å². The number of benzene rings is 1. The topological polar surface area (TPSA) is 67.6 Å². The number of rotatable bonds is 6. The van der Waals surface area contributed by atoms with E-state index in [0.717, 1.165) is 18.8 Å². The quantitative estimate of drug-likeness (QED) is 0.835. The highest BCUT2D eigenvalue weighted by Crippen LogP contribution is 2.26. The van der Waals surface area contributed by atoms with E-state index in [1.165, 1.54) is 18.4 Å². The zero-order chi connectivity index (χ0) is 15.2. The number of nitrogens with one attached hydrogen (secondary N) is 1. The van der Waals surface area contributed by atoms with E-state index < -0.39 is 6.04 Å². The lowest BCUT2D eigenvalue weighted by molar-refractivity contribution is -0.122. The van der Waals surface area contributed by atoms with Gasteiger partial charge >= 0.3 is 0 Å². The molecule has 1 aliphatic heterocycles. The number of amides is 1. The Bertz CT molecular complexity index is 459. The van der Waals surface area contributed by atoms with Gasteiger partial charge in [0.25, 0.3) is 0 Å². The third-order valence-electron chi connectivity index (χ3n) is 3.97. The zero-order valence-corrected chi connectivity index (χ0v) is 14.1. The van der Waals surface area contributed by atoms with E-state index in [9.17, 15) is 4.79 Å². The van der Waals surface area contributed by atoms with Crippen molar-refractivity contribution in [3.63, 3.8) is 0 Å². The van der Waals surface area contributed by atoms with E-state index in [-0.39, 0.29) is 24.4 Å². The molecule has 1 heterocycles. The number of halogens is 1. The second-order valence-corrected chi connectivity index (χ2v) is 5.57. The lowest BCUT2D eigenvalue weighted by Crippen LogP contribution is -2.43. The molecule has 2 rings (SSSR count). The molecule has 1 aliphatic rings. The Balaban J connectivity index is 0.00000242. The van der Waals surface area contributed by atoms with E-state index in [4.69, 9.17) is 10.5 Å². The van der Waals surface area contributed by atoms with Crippen molar-refractivity contribution in [2.75, 3.05) is 26.7 Å². The standard InChI is InChI=1S/C16H25N3O2.ClH/c1-12(17)16(20)18-11-15(19-9-3-4-10-19)13-5-7-14(21-2)8-6-13;/h5-8,12,15H,3-4,9-11,17H2,1-2H3,(H,18,20);1H. The molecule has 0 aliphatic carbocycles. The molecule has 0 radical (unpaired) electrons. The van der Waals surface area contributed by atoms with E-state index in [1.807, 2.05) is 12.1 Å². The van der Waals surface area contributed by atoms with Gasteiger partial charge in [0.1, 0.15) is 5.75 Å². The molecule has 0 aromatic heterocycles. The second-order valence-electron chi connectivity index (χ2n) is 5.57. The van der Waals surface area contributed by atoms with Crippen LogP contribution in [0.5, 0.6) is 5.75 Å². The first-order valence-corrected chi connectivity index (χ1v) is 7.53. The molecular weight excluding hydrogens is 302 g/mol. The van der Waals surface area contributed by atoms with E-state index in [0.29, 0.717) is 6.54 Å². The van der Waals surface area contributed by atoms with Crippen LogP contribution in [0.15, 0.2) is 24.3 Å². The molecule has 124 valence electrons. The van der Waals surface area contributed by atoms with Crippen molar-refractivity contribution in [3.05, 3.63) is 29.8 Å². The summed E-state index contributed by atoms with van der Waals surface area (Å²) < 4.78 is 5.20. The highest BCUT2D eigenvalue weighted by molar-refractivity contribution is 5.85. The van der Waals surface area contributed by atoms with Crippen molar-refractivity contribution in [1.29, 1.82) is 0 Å². The van der Waals surface area contributed by atoms with Crippen molar-refractivity contribution in [3.8, 4) is 5.75 Å². The van der Waals surface area contributed by atoms with Gasteiger partial charge < -0.3 is 15.8 Å². The minimum atomic E-state index is -0.472. The molecule has 0 bridgehead atoms. The van der Waals surface area contributed by atoms with Gasteiger partial charge in [0.2, 0.25) is 5.91 Å². The highest BCUT2D eigenvalue weighted by Gasteiger charge is 2.24. The van der Waals surface area contributed by atoms with Crippen LogP contribution < -0.4 is 15.8 Å². The zero-order valence-electron chi connectivity index (χ0n) is 13.2. The average Bonchev–Trinajstić information content (AvgIpc) is 3.02. The first-order valence-electron chi connectivity index (χ1n) is 7.53. The molecule has 3 N–H and O–H groups in total. The van der Waals surface area contributed by atoms with E-state index in [2.05, 4.69) is 22.3 Å². The first kappa shape index (κ1) is 18.7. The summed E-state index contributed by atoms with van der Waals surface area (Å²) in [6, 6.07) is 7.79. The lowest BCUT2D eigenvalue weighted by Gasteiger charge is -2.28. The number of carbonyl (C=O) groups excluding carboxylic acids is 1. The summed E-state index contributed by atoms with van der Waals surface area (Å²) in [4.78, 5) is 14.1. The molecule has 1 saturated heterocycles. The molecule has 1 aromatic carbocycles. The third-order valence-corrected chi connectivity index (χ3v) is 3.97. The Labute approximate surface area is 138 Å². The van der Waals surface area contributed by atoms with Crippen LogP contribution in [0, 0.1) is 0 Å². The summed E-state index contributed by atoms with van der Waals surface area (Å²) in [7, 11) is 1.66. The normalized spacial score (nSPS) is 17.4. The van der Waals surface area contributed by atoms with Gasteiger partial charge in [-0.15, -0.1) is 12.4 Å². The maximum Gasteiger partial charge on any atom is 0.236 e. The molecule has 2 atom stereocenters. The number of hydrogen-bond acceptors (Lipinski definition) is 4. The Morgan fingerprint density at radius 2 is 1.91 bits per heavy atom. The first-order chi connectivity index (χ1) is 10.1. The fourth-order valence-electron chi connectivity index (χ4n) is 2.70. The molecule has 6 heteroatoms. The second kappa shape index (κ2) is 8.98. The molecule has 1 aromatic rings. The predicted octanol–water partition coefficient (Wildman–Crippen LogP) is 1.72. The number of nitrogens with two attached hydrogens (primary N) is 1. The maximum atomic E-state index is 11.7. The summed E-state index contributed by atoms with van der Waals surface area (Å²) in [5.41, 5.74) is 6.81. The van der Waals surface area contributed by atoms with E-state index in [1.54, 1.807) is 14.0 Å². The number of likely N-dealkylation sites (tertiary alicyclic amines) is 1. The molecule has 1 fully saturated rings. The minimum Gasteiger partial charge on any atom is -0.497 e. The summed E-state index contributed by atoms with van der Waals surface area (Å²) in [5, 5.41) is 2.95. The minimum absolute atomic E-state index is 0. The number of carbonyl (C=O) groups is 1. The van der Waals surface area contributed by atoms with Crippen molar-refractivity contribution in [2.45, 2.75) is 31.8 Å². The van der Waals surface area contributed by atoms with Crippen LogP contribution in [0.1, 0.15) is 31.4 Å². The van der Waals surface area contributed by atoms with Crippen molar-refractivity contribution in [1.82, 2.24) is 10.2 Å². The Kier molecular flexibility index (Phi) is 7.65. The summed E-state index contributed by atoms with van der Waals surface area (Å²) in [5.74, 6) is 0.742. The number of ether oxygens (including phenoxy) is 1. The van der Waals surface area contributed by atoms with Crippen molar-refractivity contribution < 1.29 is 9.53 Å². The molecule has 0 spiro atoms. The van der Waals surface area contributed by atoms with Crippen LogP contribution in [0.25, 0.3) is 0 Å². The molecular formula is C16H26ClN3O2. The van der Waals surface area contributed by atoms with Crippen LogP contribution in [0.4, 0.5) is 0 Å². The van der Waals surface area contributed by atoms with Crippen LogP contribution >= 0.6 is 12.4 Å². The van der Waals surface area contributed by atoms with Gasteiger partial charge in [0, 0.05) is 6.54 Å². The van der Waals surface area contributed by atoms with Gasteiger partial charge in [-0.2, -0.15) is 0 Å². The van der Waals surface area contributed by atoms with E-state index >= 15 is 0 Å². The summed E-state index contributed by atoms with van der Waals surface area (Å²) >= 11 is 0. The van der Waals surface area contributed by atoms with Gasteiger partial charge in [-0.3, -0.25) is 9.69 Å². The summed E-state index contributed by atoms with van der Waals surface area (Å²) in [6.45, 7) is 4.44. The van der Waals surface area contributed by atoms with Crippen LogP contribution in [0.3, 0.4) is 0 Å². The van der Waals surface area contributed by atoms with Gasteiger partial charge in [-0.05, 0) is 50.6 Å². The van der Waals surface area contributed by atoms with Crippen LogP contribution in [-0.2, 0) is 4.79 Å². The Morgan fingerprint density at radius 1 is 1.32 bits per heavy atom. The van der Waals surface area contributed by atoms with Crippen molar-refractivity contribution >= 4 is 18.3 Å². The number of hydrogen-bond donors (Lipinski definition) is 2. The predicted molar refractivity (Wildman–Crippen MR) is 90.4 cm³/mol. The molecule has 1 amide bonds. The third kappa shape index (κ3) is 4.87. The fraction of sp³-hybridized carbons (Fsp3) is 0.562. The fourth-order valence-corrected chi connectivity index (χ4v) is 2.70. The Hall–Kier alpha value is -1.30. The van der Waals surface area contributed by atoms with Crippen LogP contribution in [0.2, 0.25) is 0 Å². The Morgan fingerprint density at radius 3 is 2.41 bits per heavy atom. The number of nitrogens with zero attached hydrogens (tertiary/aromatic N) is 1. The van der Waals surface area contributed by atoms with Gasteiger partial charge in [0.15, 0.2) is 0 Å². The van der Waals surface area contributed by atoms with Gasteiger partial charge in [0.05, 0.1) is 19.2 Å². The molecule has 5 nitrogen and oxygen atoms in total. The summed E-state index contributed by atoms with van der Waals surface area (Å²) in [6.07, 6.45) is 2.43. The molecule has 2 unspecified atom stereocenters. The monoisotopic (exact) mass is 327 g/mol. The highest BCUT2D eigenvalue weighted by atomic mass is 35.5. The molecule has 22 heavy (non-hydrogen) atoms. The largest absolute Gasteiger partial charge is 0.497 e. The van der Waals surface area contributed by atoms with Crippen LogP contribution in [-0.4, -0.2) is 43.6 Å². The smallest absolute Gasteiger partial charge is 0.236 e. The SMILES string of the molecule is COc1ccc(C(CNC(=O)C(C)N)N2CCCC2)cc1.Cl. The number of methoxy groups -OCH3 is 1. The average molecular weight is 328 g/mol.